The minimum absolute atomic E-state index is 0.142. The molecule has 20 heavy (non-hydrogen) atoms. The van der Waals surface area contributed by atoms with Crippen LogP contribution < -0.4 is 11.1 Å². The second kappa shape index (κ2) is 6.49. The first kappa shape index (κ1) is 14.5. The Morgan fingerprint density at radius 2 is 2.05 bits per heavy atom. The molecule has 0 saturated carbocycles. The number of nitrogens with zero attached hydrogens (tertiary/aromatic N) is 2. The third-order valence-electron chi connectivity index (χ3n) is 2.42. The second-order valence-electron chi connectivity index (χ2n) is 3.90. The van der Waals surface area contributed by atoms with Crippen molar-refractivity contribution >= 4 is 40.6 Å². The number of primary amides is 1. The summed E-state index contributed by atoms with van der Waals surface area (Å²) in [6.07, 6.45) is 0. The number of benzene rings is 1. The van der Waals surface area contributed by atoms with Crippen LogP contribution in [-0.2, 0) is 4.79 Å². The molecule has 0 aliphatic rings. The molecule has 1 aromatic heterocycles. The van der Waals surface area contributed by atoms with Gasteiger partial charge in [-0.3, -0.25) is 9.59 Å². The Labute approximate surface area is 123 Å². The van der Waals surface area contributed by atoms with Gasteiger partial charge in [0.1, 0.15) is 5.51 Å². The zero-order chi connectivity index (χ0) is 14.5. The number of nitrogens with two attached hydrogens (primary N) is 1. The summed E-state index contributed by atoms with van der Waals surface area (Å²) in [6.45, 7) is 1.79. The van der Waals surface area contributed by atoms with Crippen LogP contribution in [0.1, 0.15) is 17.3 Å². The molecule has 104 valence electrons. The standard InChI is InChI=1S/C12H12N4O2S2/c1-7(20-12-16-14-6-19-12)11(18)15-9-4-2-8(3-5-9)10(13)17/h2-7H,1H3,(H2,13,17)(H,15,18). The van der Waals surface area contributed by atoms with E-state index in [1.165, 1.54) is 23.1 Å². The Hall–Kier alpha value is -1.93. The van der Waals surface area contributed by atoms with Gasteiger partial charge in [-0.05, 0) is 31.2 Å². The number of hydrogen-bond donors (Lipinski definition) is 2. The molecule has 2 amide bonds. The number of carbonyl (C=O) groups excluding carboxylic acids is 2. The summed E-state index contributed by atoms with van der Waals surface area (Å²) in [4.78, 5) is 22.9. The van der Waals surface area contributed by atoms with Crippen LogP contribution in [-0.4, -0.2) is 27.3 Å². The Bertz CT molecular complexity index is 598. The number of carbonyl (C=O) groups is 2. The van der Waals surface area contributed by atoms with Gasteiger partial charge in [0.05, 0.1) is 5.25 Å². The van der Waals surface area contributed by atoms with Crippen molar-refractivity contribution in [3.63, 3.8) is 0 Å². The van der Waals surface area contributed by atoms with Crippen LogP contribution in [0.2, 0.25) is 0 Å². The molecule has 1 aromatic carbocycles. The summed E-state index contributed by atoms with van der Waals surface area (Å²) < 4.78 is 0.747. The highest BCUT2D eigenvalue weighted by Gasteiger charge is 2.16. The van der Waals surface area contributed by atoms with Crippen LogP contribution in [0.5, 0.6) is 0 Å². The summed E-state index contributed by atoms with van der Waals surface area (Å²) in [6, 6.07) is 6.42. The second-order valence-corrected chi connectivity index (χ2v) is 6.32. The fourth-order valence-electron chi connectivity index (χ4n) is 1.38. The summed E-state index contributed by atoms with van der Waals surface area (Å²) in [7, 11) is 0. The van der Waals surface area contributed by atoms with Crippen molar-refractivity contribution in [2.75, 3.05) is 5.32 Å². The predicted octanol–water partition coefficient (Wildman–Crippen LogP) is 1.76. The molecule has 0 bridgehead atoms. The largest absolute Gasteiger partial charge is 0.366 e. The lowest BCUT2D eigenvalue weighted by molar-refractivity contribution is -0.115. The van der Waals surface area contributed by atoms with Gasteiger partial charge in [-0.2, -0.15) is 0 Å². The molecule has 0 spiro atoms. The number of hydrogen-bond acceptors (Lipinski definition) is 6. The van der Waals surface area contributed by atoms with Gasteiger partial charge in [-0.15, -0.1) is 10.2 Å². The van der Waals surface area contributed by atoms with Gasteiger partial charge in [0, 0.05) is 11.3 Å². The third kappa shape index (κ3) is 3.78. The average Bonchev–Trinajstić information content (AvgIpc) is 2.92. The molecule has 0 saturated heterocycles. The van der Waals surface area contributed by atoms with Crippen molar-refractivity contribution in [2.45, 2.75) is 16.5 Å². The monoisotopic (exact) mass is 308 g/mol. The SMILES string of the molecule is CC(Sc1nncs1)C(=O)Nc1ccc(C(N)=O)cc1. The van der Waals surface area contributed by atoms with E-state index in [0.29, 0.717) is 11.3 Å². The lowest BCUT2D eigenvalue weighted by atomic mass is 10.2. The summed E-state index contributed by atoms with van der Waals surface area (Å²) >= 11 is 2.73. The molecule has 6 nitrogen and oxygen atoms in total. The molecule has 3 N–H and O–H groups in total. The zero-order valence-corrected chi connectivity index (χ0v) is 12.2. The zero-order valence-electron chi connectivity index (χ0n) is 10.6. The quantitative estimate of drug-likeness (QED) is 0.820. The molecule has 2 rings (SSSR count). The Morgan fingerprint density at radius 1 is 1.35 bits per heavy atom. The number of amides is 2. The third-order valence-corrected chi connectivity index (χ3v) is 4.34. The fraction of sp³-hybridized carbons (Fsp3) is 0.167. The van der Waals surface area contributed by atoms with Gasteiger partial charge >= 0.3 is 0 Å². The molecule has 1 unspecified atom stereocenters. The molecule has 0 fully saturated rings. The highest BCUT2D eigenvalue weighted by atomic mass is 32.2. The fourth-order valence-corrected chi connectivity index (χ4v) is 3.01. The van der Waals surface area contributed by atoms with Gasteiger partial charge in [0.25, 0.3) is 0 Å². The smallest absolute Gasteiger partial charge is 0.248 e. The van der Waals surface area contributed by atoms with E-state index in [0.717, 1.165) is 4.34 Å². The van der Waals surface area contributed by atoms with Crippen LogP contribution in [0.15, 0.2) is 34.1 Å². The highest BCUT2D eigenvalue weighted by Crippen LogP contribution is 2.25. The number of nitrogens with one attached hydrogen (secondary N) is 1. The van der Waals surface area contributed by atoms with E-state index in [-0.39, 0.29) is 11.2 Å². The van der Waals surface area contributed by atoms with Crippen molar-refractivity contribution in [3.05, 3.63) is 35.3 Å². The number of anilines is 1. The maximum atomic E-state index is 12.0. The molecule has 0 aliphatic heterocycles. The van der Waals surface area contributed by atoms with E-state index >= 15 is 0 Å². The maximum Gasteiger partial charge on any atom is 0.248 e. The van der Waals surface area contributed by atoms with Crippen LogP contribution in [0.25, 0.3) is 0 Å². The van der Waals surface area contributed by atoms with Gasteiger partial charge < -0.3 is 11.1 Å². The van der Waals surface area contributed by atoms with Crippen molar-refractivity contribution in [3.8, 4) is 0 Å². The Kier molecular flexibility index (Phi) is 4.70. The summed E-state index contributed by atoms with van der Waals surface area (Å²) in [5.74, 6) is -0.639. The van der Waals surface area contributed by atoms with Gasteiger partial charge in [-0.1, -0.05) is 23.1 Å². The molecular formula is C12H12N4O2S2. The molecule has 2 aromatic rings. The Balaban J connectivity index is 1.95. The molecule has 8 heteroatoms. The first-order chi connectivity index (χ1) is 9.56. The first-order valence-corrected chi connectivity index (χ1v) is 7.46. The van der Waals surface area contributed by atoms with Crippen LogP contribution in [0.3, 0.4) is 0 Å². The average molecular weight is 308 g/mol. The first-order valence-electron chi connectivity index (χ1n) is 5.70. The predicted molar refractivity (Wildman–Crippen MR) is 78.8 cm³/mol. The van der Waals surface area contributed by atoms with E-state index < -0.39 is 5.91 Å². The van der Waals surface area contributed by atoms with Crippen molar-refractivity contribution in [2.24, 2.45) is 5.73 Å². The van der Waals surface area contributed by atoms with Gasteiger partial charge in [0.15, 0.2) is 4.34 Å². The van der Waals surface area contributed by atoms with E-state index in [4.69, 9.17) is 5.73 Å². The van der Waals surface area contributed by atoms with E-state index in [9.17, 15) is 9.59 Å². The van der Waals surface area contributed by atoms with Gasteiger partial charge in [-0.25, -0.2) is 0 Å². The minimum Gasteiger partial charge on any atom is -0.366 e. The van der Waals surface area contributed by atoms with Gasteiger partial charge in [0.2, 0.25) is 11.8 Å². The molecule has 1 heterocycles. The number of aromatic nitrogens is 2. The highest BCUT2D eigenvalue weighted by molar-refractivity contribution is 8.02. The normalized spacial score (nSPS) is 11.8. The summed E-state index contributed by atoms with van der Waals surface area (Å²) in [5.41, 5.74) is 7.79. The lowest BCUT2D eigenvalue weighted by Crippen LogP contribution is -2.22. The van der Waals surface area contributed by atoms with E-state index in [2.05, 4.69) is 15.5 Å². The lowest BCUT2D eigenvalue weighted by Gasteiger charge is -2.10. The molecule has 1 atom stereocenters. The van der Waals surface area contributed by atoms with Crippen molar-refractivity contribution in [1.82, 2.24) is 10.2 Å². The van der Waals surface area contributed by atoms with Crippen LogP contribution in [0, 0.1) is 0 Å². The maximum absolute atomic E-state index is 12.0. The topological polar surface area (TPSA) is 98.0 Å². The summed E-state index contributed by atoms with van der Waals surface area (Å²) in [5, 5.41) is 10.1. The van der Waals surface area contributed by atoms with Crippen LogP contribution >= 0.6 is 23.1 Å². The molecule has 0 radical (unpaired) electrons. The van der Waals surface area contributed by atoms with Crippen LogP contribution in [0.4, 0.5) is 5.69 Å². The van der Waals surface area contributed by atoms with Crippen molar-refractivity contribution in [1.29, 1.82) is 0 Å². The molecular weight excluding hydrogens is 296 g/mol. The molecule has 0 aliphatic carbocycles. The van der Waals surface area contributed by atoms with Crippen molar-refractivity contribution < 1.29 is 9.59 Å². The van der Waals surface area contributed by atoms with E-state index in [1.807, 2.05) is 0 Å². The Morgan fingerprint density at radius 3 is 2.60 bits per heavy atom. The number of thioether (sulfide) groups is 1. The minimum atomic E-state index is -0.497. The van der Waals surface area contributed by atoms with E-state index in [1.54, 1.807) is 36.7 Å². The number of rotatable bonds is 5.